The molecule has 2 rings (SSSR count). The standard InChI is InChI=1S/C12H15NO3/c1-15-11-4-3-8(7-13-11)9-5-10(6-9)12(14)16-2/h3-4,7,9-10H,5-6H2,1-2H3. The van der Waals surface area contributed by atoms with E-state index in [4.69, 9.17) is 9.47 Å². The van der Waals surface area contributed by atoms with Crippen LogP contribution in [-0.4, -0.2) is 25.2 Å². The molecular formula is C12H15NO3. The Kier molecular flexibility index (Phi) is 3.08. The summed E-state index contributed by atoms with van der Waals surface area (Å²) in [5.74, 6) is 1.02. The fourth-order valence-electron chi connectivity index (χ4n) is 2.00. The average Bonchev–Trinajstić information content (AvgIpc) is 2.27. The lowest BCUT2D eigenvalue weighted by Crippen LogP contribution is -2.29. The summed E-state index contributed by atoms with van der Waals surface area (Å²) < 4.78 is 9.69. The first kappa shape index (κ1) is 10.9. The Morgan fingerprint density at radius 2 is 2.12 bits per heavy atom. The number of hydrogen-bond donors (Lipinski definition) is 0. The number of nitrogens with zero attached hydrogens (tertiary/aromatic N) is 1. The third kappa shape index (κ3) is 2.01. The first-order valence-corrected chi connectivity index (χ1v) is 5.32. The third-order valence-electron chi connectivity index (χ3n) is 3.11. The average molecular weight is 221 g/mol. The molecule has 0 atom stereocenters. The predicted molar refractivity (Wildman–Crippen MR) is 58.3 cm³/mol. The van der Waals surface area contributed by atoms with Gasteiger partial charge in [-0.2, -0.15) is 0 Å². The normalized spacial score (nSPS) is 23.4. The number of esters is 1. The van der Waals surface area contributed by atoms with E-state index in [1.807, 2.05) is 18.3 Å². The molecule has 0 aliphatic heterocycles. The second-order valence-corrected chi connectivity index (χ2v) is 4.02. The van der Waals surface area contributed by atoms with E-state index in [1.165, 1.54) is 12.7 Å². The van der Waals surface area contributed by atoms with E-state index in [-0.39, 0.29) is 11.9 Å². The molecule has 0 unspecified atom stereocenters. The highest BCUT2D eigenvalue weighted by atomic mass is 16.5. The molecule has 0 aromatic carbocycles. The SMILES string of the molecule is COC(=O)C1CC(c2ccc(OC)nc2)C1. The number of rotatable bonds is 3. The minimum Gasteiger partial charge on any atom is -0.481 e. The maximum Gasteiger partial charge on any atom is 0.308 e. The van der Waals surface area contributed by atoms with Crippen LogP contribution in [0.25, 0.3) is 0 Å². The molecule has 4 heteroatoms. The number of carbonyl (C=O) groups excluding carboxylic acids is 1. The number of methoxy groups -OCH3 is 2. The van der Waals surface area contributed by atoms with Gasteiger partial charge in [-0.3, -0.25) is 4.79 Å². The number of pyridine rings is 1. The van der Waals surface area contributed by atoms with Gasteiger partial charge in [0, 0.05) is 12.3 Å². The molecule has 1 fully saturated rings. The van der Waals surface area contributed by atoms with Gasteiger partial charge in [0.05, 0.1) is 20.1 Å². The lowest BCUT2D eigenvalue weighted by atomic mass is 9.72. The summed E-state index contributed by atoms with van der Waals surface area (Å²) in [5.41, 5.74) is 1.17. The van der Waals surface area contributed by atoms with E-state index in [2.05, 4.69) is 4.98 Å². The molecule has 0 saturated heterocycles. The van der Waals surface area contributed by atoms with Crippen LogP contribution in [0.15, 0.2) is 18.3 Å². The Balaban J connectivity index is 1.93. The second kappa shape index (κ2) is 4.51. The van der Waals surface area contributed by atoms with Crippen molar-refractivity contribution in [2.45, 2.75) is 18.8 Å². The monoisotopic (exact) mass is 221 g/mol. The van der Waals surface area contributed by atoms with Crippen LogP contribution in [0.1, 0.15) is 24.3 Å². The molecule has 1 aliphatic rings. The van der Waals surface area contributed by atoms with Crippen molar-refractivity contribution in [1.82, 2.24) is 4.98 Å². The summed E-state index contributed by atoms with van der Waals surface area (Å²) in [6, 6.07) is 3.85. The molecule has 4 nitrogen and oxygen atoms in total. The lowest BCUT2D eigenvalue weighted by molar-refractivity contribution is -0.148. The summed E-state index contributed by atoms with van der Waals surface area (Å²) in [6.45, 7) is 0. The van der Waals surface area contributed by atoms with Crippen molar-refractivity contribution in [2.75, 3.05) is 14.2 Å². The van der Waals surface area contributed by atoms with Gasteiger partial charge in [-0.15, -0.1) is 0 Å². The first-order valence-electron chi connectivity index (χ1n) is 5.32. The van der Waals surface area contributed by atoms with Crippen LogP contribution in [0, 0.1) is 5.92 Å². The van der Waals surface area contributed by atoms with Gasteiger partial charge in [-0.25, -0.2) is 4.98 Å². The zero-order valence-electron chi connectivity index (χ0n) is 9.47. The molecule has 1 aliphatic carbocycles. The van der Waals surface area contributed by atoms with Gasteiger partial charge in [0.1, 0.15) is 0 Å². The van der Waals surface area contributed by atoms with Gasteiger partial charge in [0.15, 0.2) is 0 Å². The van der Waals surface area contributed by atoms with Crippen molar-refractivity contribution in [3.05, 3.63) is 23.9 Å². The molecule has 1 saturated carbocycles. The van der Waals surface area contributed by atoms with Crippen LogP contribution in [0.4, 0.5) is 0 Å². The van der Waals surface area contributed by atoms with Gasteiger partial charge < -0.3 is 9.47 Å². The zero-order chi connectivity index (χ0) is 11.5. The van der Waals surface area contributed by atoms with Crippen LogP contribution in [0.5, 0.6) is 5.88 Å². The van der Waals surface area contributed by atoms with Crippen molar-refractivity contribution in [2.24, 2.45) is 5.92 Å². The quantitative estimate of drug-likeness (QED) is 0.730. The predicted octanol–water partition coefficient (Wildman–Crippen LogP) is 1.76. The van der Waals surface area contributed by atoms with E-state index >= 15 is 0 Å². The van der Waals surface area contributed by atoms with Crippen molar-refractivity contribution in [3.63, 3.8) is 0 Å². The molecule has 0 spiro atoms. The van der Waals surface area contributed by atoms with Crippen molar-refractivity contribution < 1.29 is 14.3 Å². The van der Waals surface area contributed by atoms with Crippen LogP contribution in [0.2, 0.25) is 0 Å². The van der Waals surface area contributed by atoms with Crippen LogP contribution >= 0.6 is 0 Å². The van der Waals surface area contributed by atoms with E-state index in [1.54, 1.807) is 7.11 Å². The largest absolute Gasteiger partial charge is 0.481 e. The second-order valence-electron chi connectivity index (χ2n) is 4.02. The van der Waals surface area contributed by atoms with Gasteiger partial charge in [-0.05, 0) is 24.3 Å². The molecule has 86 valence electrons. The van der Waals surface area contributed by atoms with E-state index in [9.17, 15) is 4.79 Å². The fraction of sp³-hybridized carbons (Fsp3) is 0.500. The van der Waals surface area contributed by atoms with Crippen molar-refractivity contribution in [3.8, 4) is 5.88 Å². The zero-order valence-corrected chi connectivity index (χ0v) is 9.47. The molecule has 1 heterocycles. The minimum atomic E-state index is -0.0993. The Morgan fingerprint density at radius 3 is 2.62 bits per heavy atom. The van der Waals surface area contributed by atoms with Gasteiger partial charge in [0.2, 0.25) is 5.88 Å². The highest BCUT2D eigenvalue weighted by molar-refractivity contribution is 5.73. The minimum absolute atomic E-state index is 0.0668. The first-order chi connectivity index (χ1) is 7.74. The number of carbonyl (C=O) groups is 1. The summed E-state index contributed by atoms with van der Waals surface area (Å²) in [4.78, 5) is 15.4. The summed E-state index contributed by atoms with van der Waals surface area (Å²) in [6.07, 6.45) is 3.54. The van der Waals surface area contributed by atoms with Crippen LogP contribution in [-0.2, 0) is 9.53 Å². The fourth-order valence-corrected chi connectivity index (χ4v) is 2.00. The van der Waals surface area contributed by atoms with Crippen LogP contribution in [0.3, 0.4) is 0 Å². The summed E-state index contributed by atoms with van der Waals surface area (Å²) in [7, 11) is 3.03. The molecule has 16 heavy (non-hydrogen) atoms. The Morgan fingerprint density at radius 1 is 1.38 bits per heavy atom. The lowest BCUT2D eigenvalue weighted by Gasteiger charge is -2.33. The number of ether oxygens (including phenoxy) is 2. The van der Waals surface area contributed by atoms with E-state index in [0.29, 0.717) is 11.8 Å². The number of hydrogen-bond acceptors (Lipinski definition) is 4. The molecule has 0 amide bonds. The van der Waals surface area contributed by atoms with Gasteiger partial charge in [0.25, 0.3) is 0 Å². The summed E-state index contributed by atoms with van der Waals surface area (Å²) >= 11 is 0. The molecule has 0 bridgehead atoms. The summed E-state index contributed by atoms with van der Waals surface area (Å²) in [5, 5.41) is 0. The molecule has 0 radical (unpaired) electrons. The number of aromatic nitrogens is 1. The molecular weight excluding hydrogens is 206 g/mol. The maximum absolute atomic E-state index is 11.2. The molecule has 1 aromatic rings. The Labute approximate surface area is 94.6 Å². The van der Waals surface area contributed by atoms with Crippen LogP contribution < -0.4 is 4.74 Å². The highest BCUT2D eigenvalue weighted by Crippen LogP contribution is 2.42. The van der Waals surface area contributed by atoms with E-state index < -0.39 is 0 Å². The van der Waals surface area contributed by atoms with Crippen molar-refractivity contribution in [1.29, 1.82) is 0 Å². The smallest absolute Gasteiger partial charge is 0.308 e. The Hall–Kier alpha value is -1.58. The van der Waals surface area contributed by atoms with Gasteiger partial charge >= 0.3 is 5.97 Å². The maximum atomic E-state index is 11.2. The van der Waals surface area contributed by atoms with E-state index in [0.717, 1.165) is 12.8 Å². The topological polar surface area (TPSA) is 48.4 Å². The Bertz CT molecular complexity index is 368. The molecule has 1 aromatic heterocycles. The molecule has 0 N–H and O–H groups in total. The highest BCUT2D eigenvalue weighted by Gasteiger charge is 2.36. The van der Waals surface area contributed by atoms with Gasteiger partial charge in [-0.1, -0.05) is 6.07 Å². The third-order valence-corrected chi connectivity index (χ3v) is 3.11. The van der Waals surface area contributed by atoms with Crippen molar-refractivity contribution >= 4 is 5.97 Å².